The minimum Gasteiger partial charge on any atom is -0.442 e. The second-order valence-electron chi connectivity index (χ2n) is 6.97. The lowest BCUT2D eigenvalue weighted by Crippen LogP contribution is -2.53. The summed E-state index contributed by atoms with van der Waals surface area (Å²) in [6.07, 6.45) is 0.749. The summed E-state index contributed by atoms with van der Waals surface area (Å²) in [5.41, 5.74) is 0.723. The number of amides is 3. The Balaban J connectivity index is 2.98. The van der Waals surface area contributed by atoms with Gasteiger partial charge in [-0.25, -0.2) is 15.0 Å². The highest BCUT2D eigenvalue weighted by Crippen LogP contribution is 2.13. The van der Waals surface area contributed by atoms with Crippen molar-refractivity contribution in [3.8, 4) is 0 Å². The molecule has 0 unspecified atom stereocenters. The highest BCUT2D eigenvalue weighted by molar-refractivity contribution is 5.98. The van der Waals surface area contributed by atoms with E-state index in [9.17, 15) is 14.4 Å². The second kappa shape index (κ2) is 7.29. The number of pyridine rings is 1. The Labute approximate surface area is 141 Å². The summed E-state index contributed by atoms with van der Waals surface area (Å²) >= 11 is 0. The molecule has 0 aliphatic carbocycles. The van der Waals surface area contributed by atoms with Gasteiger partial charge in [0.15, 0.2) is 0 Å². The normalized spacial score (nSPS) is 11.4. The van der Waals surface area contributed by atoms with Crippen LogP contribution in [0, 0.1) is 0 Å². The third-order valence-corrected chi connectivity index (χ3v) is 2.31. The molecule has 0 aromatic carbocycles. The van der Waals surface area contributed by atoms with E-state index < -0.39 is 29.3 Å². The Kier molecular flexibility index (Phi) is 5.89. The van der Waals surface area contributed by atoms with Gasteiger partial charge in [0.1, 0.15) is 11.2 Å². The van der Waals surface area contributed by atoms with Gasteiger partial charge in [0, 0.05) is 18.0 Å². The molecule has 0 aliphatic heterocycles. The third kappa shape index (κ3) is 6.64. The number of rotatable bonds is 1. The highest BCUT2D eigenvalue weighted by atomic mass is 16.6. The van der Waals surface area contributed by atoms with Crippen LogP contribution in [0.1, 0.15) is 51.9 Å². The van der Waals surface area contributed by atoms with Gasteiger partial charge in [-0.3, -0.25) is 9.78 Å². The van der Waals surface area contributed by atoms with Crippen molar-refractivity contribution in [3.63, 3.8) is 0 Å². The molecule has 1 N–H and O–H groups in total. The highest BCUT2D eigenvalue weighted by Gasteiger charge is 2.33. The number of imide groups is 1. The average molecular weight is 338 g/mol. The van der Waals surface area contributed by atoms with E-state index in [-0.39, 0.29) is 5.56 Å². The largest absolute Gasteiger partial charge is 0.442 e. The SMILES string of the molecule is CC(C)(C)OC(=O)N([15NH]C(=O)c1ccncc1)C(=O)OC(C)(C)C. The molecule has 0 aliphatic rings. The van der Waals surface area contributed by atoms with Crippen LogP contribution in [0.4, 0.5) is 9.59 Å². The minimum absolute atomic E-state index is 0.224. The monoisotopic (exact) mass is 338 g/mol. The van der Waals surface area contributed by atoms with E-state index in [4.69, 9.17) is 9.47 Å². The van der Waals surface area contributed by atoms with Crippen LogP contribution >= 0.6 is 0 Å². The van der Waals surface area contributed by atoms with Crippen molar-refractivity contribution in [1.82, 2.24) is 15.4 Å². The zero-order valence-corrected chi connectivity index (χ0v) is 14.7. The number of aromatic nitrogens is 1. The van der Waals surface area contributed by atoms with Crippen LogP contribution in [0.5, 0.6) is 0 Å². The molecule has 3 amide bonds. The summed E-state index contributed by atoms with van der Waals surface area (Å²) in [5, 5.41) is 0.416. The van der Waals surface area contributed by atoms with E-state index in [1.54, 1.807) is 41.5 Å². The van der Waals surface area contributed by atoms with E-state index in [0.29, 0.717) is 5.01 Å². The van der Waals surface area contributed by atoms with E-state index in [2.05, 4.69) is 10.4 Å². The van der Waals surface area contributed by atoms with Crippen LogP contribution < -0.4 is 5.43 Å². The van der Waals surface area contributed by atoms with Crippen LogP contribution in [0.15, 0.2) is 24.5 Å². The summed E-state index contributed by atoms with van der Waals surface area (Å²) < 4.78 is 10.3. The Bertz CT molecular complexity index is 574. The lowest BCUT2D eigenvalue weighted by atomic mass is 10.2. The number of carbonyl (C=O) groups excluding carboxylic acids is 3. The van der Waals surface area contributed by atoms with Crippen LogP contribution in [0.3, 0.4) is 0 Å². The summed E-state index contributed by atoms with van der Waals surface area (Å²) in [6.45, 7) is 9.85. The number of ether oxygens (including phenoxy) is 2. The molecular weight excluding hydrogens is 315 g/mol. The summed E-state index contributed by atoms with van der Waals surface area (Å²) in [4.78, 5) is 40.5. The molecule has 24 heavy (non-hydrogen) atoms. The minimum atomic E-state index is -1.04. The molecule has 0 spiro atoms. The van der Waals surface area contributed by atoms with Crippen LogP contribution in [0.2, 0.25) is 0 Å². The van der Waals surface area contributed by atoms with Crippen molar-refractivity contribution in [3.05, 3.63) is 30.1 Å². The first-order valence-electron chi connectivity index (χ1n) is 7.36. The van der Waals surface area contributed by atoms with Gasteiger partial charge in [-0.05, 0) is 53.7 Å². The maximum absolute atomic E-state index is 12.2. The number of carbonyl (C=O) groups is 3. The van der Waals surface area contributed by atoms with Gasteiger partial charge in [-0.15, -0.1) is 5.01 Å². The maximum atomic E-state index is 12.2. The van der Waals surface area contributed by atoms with Crippen molar-refractivity contribution in [2.24, 2.45) is 0 Å². The van der Waals surface area contributed by atoms with Crippen molar-refractivity contribution < 1.29 is 23.9 Å². The fraction of sp³-hybridized carbons (Fsp3) is 0.500. The zero-order valence-electron chi connectivity index (χ0n) is 14.7. The van der Waals surface area contributed by atoms with Gasteiger partial charge >= 0.3 is 12.2 Å². The Morgan fingerprint density at radius 1 is 0.917 bits per heavy atom. The molecule has 1 heterocycles. The molecule has 1 aromatic rings. The average Bonchev–Trinajstić information content (AvgIpc) is 2.41. The molecule has 0 bridgehead atoms. The topological polar surface area (TPSA) is 97.8 Å². The second-order valence-corrected chi connectivity index (χ2v) is 6.97. The van der Waals surface area contributed by atoms with E-state index in [1.807, 2.05) is 0 Å². The van der Waals surface area contributed by atoms with Crippen molar-refractivity contribution in [1.29, 1.82) is 0 Å². The van der Waals surface area contributed by atoms with Crippen LogP contribution in [0.25, 0.3) is 0 Å². The quantitative estimate of drug-likeness (QED) is 0.624. The Morgan fingerprint density at radius 3 is 1.71 bits per heavy atom. The Morgan fingerprint density at radius 2 is 1.33 bits per heavy atom. The van der Waals surface area contributed by atoms with E-state index in [0.717, 1.165) is 0 Å². The number of hydrazine groups is 1. The summed E-state index contributed by atoms with van der Waals surface area (Å²) in [6, 6.07) is 2.88. The summed E-state index contributed by atoms with van der Waals surface area (Å²) in [7, 11) is 0. The standard InChI is InChI=1S/C16H23N3O5/c1-15(2,3)23-13(21)19(14(22)24-16(4,5)6)18-12(20)11-7-9-17-10-8-11/h7-10H,1-6H3,(H,18,20)/i18+1. The number of nitrogens with zero attached hydrogens (tertiary/aromatic N) is 2. The first-order valence-corrected chi connectivity index (χ1v) is 7.36. The van der Waals surface area contributed by atoms with E-state index >= 15 is 0 Å². The van der Waals surface area contributed by atoms with Crippen molar-refractivity contribution in [2.75, 3.05) is 0 Å². The molecule has 0 radical (unpaired) electrons. The van der Waals surface area contributed by atoms with Gasteiger partial charge in [-0.1, -0.05) is 0 Å². The predicted molar refractivity (Wildman–Crippen MR) is 86.0 cm³/mol. The van der Waals surface area contributed by atoms with E-state index in [1.165, 1.54) is 24.5 Å². The molecule has 0 atom stereocenters. The van der Waals surface area contributed by atoms with Gasteiger partial charge < -0.3 is 9.47 Å². The molecular formula is C16H23N3O5. The van der Waals surface area contributed by atoms with Gasteiger partial charge in [0.05, 0.1) is 0 Å². The van der Waals surface area contributed by atoms with Gasteiger partial charge in [-0.2, -0.15) is 0 Å². The Hall–Kier alpha value is -2.64. The lowest BCUT2D eigenvalue weighted by molar-refractivity contribution is -0.00895. The number of hydrogen-bond acceptors (Lipinski definition) is 6. The fourth-order valence-corrected chi connectivity index (χ4v) is 1.45. The third-order valence-electron chi connectivity index (χ3n) is 2.31. The number of nitrogens with one attached hydrogen (secondary N) is 1. The molecule has 0 fully saturated rings. The van der Waals surface area contributed by atoms with Crippen molar-refractivity contribution in [2.45, 2.75) is 52.7 Å². The molecule has 132 valence electrons. The maximum Gasteiger partial charge on any atom is 0.439 e. The molecule has 0 saturated heterocycles. The van der Waals surface area contributed by atoms with Crippen LogP contribution in [-0.2, 0) is 9.47 Å². The lowest BCUT2D eigenvalue weighted by Gasteiger charge is -2.28. The first kappa shape index (κ1) is 19.4. The molecule has 1 rings (SSSR count). The predicted octanol–water partition coefficient (Wildman–Crippen LogP) is 2.90. The van der Waals surface area contributed by atoms with Crippen LogP contribution in [-0.4, -0.2) is 39.3 Å². The van der Waals surface area contributed by atoms with Gasteiger partial charge in [0.25, 0.3) is 5.91 Å². The molecule has 8 heteroatoms. The number of hydrogen-bond donors (Lipinski definition) is 1. The molecule has 0 saturated carbocycles. The molecule has 1 aromatic heterocycles. The first-order chi connectivity index (χ1) is 10.9. The van der Waals surface area contributed by atoms with Crippen molar-refractivity contribution >= 4 is 18.1 Å². The zero-order chi connectivity index (χ0) is 18.5. The smallest absolute Gasteiger partial charge is 0.439 e. The van der Waals surface area contributed by atoms with Gasteiger partial charge in [0.2, 0.25) is 0 Å². The molecule has 8 nitrogen and oxygen atoms in total. The fourth-order valence-electron chi connectivity index (χ4n) is 1.45. The summed E-state index contributed by atoms with van der Waals surface area (Å²) in [5.74, 6) is -0.672.